The van der Waals surface area contributed by atoms with Gasteiger partial charge in [0.25, 0.3) is 0 Å². The number of nitrogens with zero attached hydrogens (tertiary/aromatic N) is 3. The maximum atomic E-state index is 12.0. The minimum Gasteiger partial charge on any atom is -0.467 e. The van der Waals surface area contributed by atoms with Crippen LogP contribution in [0.1, 0.15) is 23.4 Å². The van der Waals surface area contributed by atoms with Gasteiger partial charge in [0.05, 0.1) is 37.1 Å². The molecule has 4 heterocycles. The predicted octanol–water partition coefficient (Wildman–Crippen LogP) is 1.49. The monoisotopic (exact) mass is 343 g/mol. The fraction of sp³-hybridized carbons (Fsp3) is 0.471. The van der Waals surface area contributed by atoms with Gasteiger partial charge in [-0.05, 0) is 18.6 Å². The molecule has 2 aromatic heterocycles. The van der Waals surface area contributed by atoms with Crippen LogP contribution in [0.15, 0.2) is 29.0 Å². The van der Waals surface area contributed by atoms with Crippen molar-refractivity contribution < 1.29 is 13.9 Å². The van der Waals surface area contributed by atoms with E-state index in [1.807, 2.05) is 23.2 Å². The highest BCUT2D eigenvalue weighted by Crippen LogP contribution is 2.39. The molecule has 8 heteroatoms. The van der Waals surface area contributed by atoms with Gasteiger partial charge in [-0.25, -0.2) is 14.8 Å². The number of hydrogen-bond acceptors (Lipinski definition) is 6. The Bertz CT molecular complexity index is 764. The number of hydrogen-bond donors (Lipinski definition) is 2. The first-order valence-corrected chi connectivity index (χ1v) is 8.37. The third-order valence-electron chi connectivity index (χ3n) is 4.86. The molecule has 1 unspecified atom stereocenters. The van der Waals surface area contributed by atoms with Crippen molar-refractivity contribution in [2.24, 2.45) is 0 Å². The minimum atomic E-state index is -0.260. The summed E-state index contributed by atoms with van der Waals surface area (Å²) in [5.41, 5.74) is 1.72. The zero-order valence-electron chi connectivity index (χ0n) is 14.1. The Kier molecular flexibility index (Phi) is 4.04. The van der Waals surface area contributed by atoms with Crippen molar-refractivity contribution in [1.29, 1.82) is 0 Å². The Morgan fingerprint density at radius 1 is 1.48 bits per heavy atom. The zero-order chi connectivity index (χ0) is 17.3. The molecule has 0 aromatic carbocycles. The summed E-state index contributed by atoms with van der Waals surface area (Å²) in [4.78, 5) is 22.9. The summed E-state index contributed by atoms with van der Waals surface area (Å²) in [5, 5.41) is 5.89. The molecule has 0 saturated carbocycles. The summed E-state index contributed by atoms with van der Waals surface area (Å²) >= 11 is 0. The molecule has 1 saturated heterocycles. The van der Waals surface area contributed by atoms with E-state index in [2.05, 4.69) is 15.6 Å². The number of ether oxygens (including phenoxy) is 1. The zero-order valence-corrected chi connectivity index (χ0v) is 14.1. The molecule has 132 valence electrons. The first kappa shape index (κ1) is 15.9. The molecule has 2 aliphatic heterocycles. The second-order valence-corrected chi connectivity index (χ2v) is 6.50. The number of urea groups is 1. The Balaban J connectivity index is 1.57. The summed E-state index contributed by atoms with van der Waals surface area (Å²) < 4.78 is 11.1. The van der Waals surface area contributed by atoms with Gasteiger partial charge < -0.3 is 24.7 Å². The van der Waals surface area contributed by atoms with Crippen LogP contribution in [-0.2, 0) is 23.3 Å². The van der Waals surface area contributed by atoms with Crippen LogP contribution in [0, 0.1) is 0 Å². The third-order valence-corrected chi connectivity index (χ3v) is 4.86. The topological polar surface area (TPSA) is 92.5 Å². The van der Waals surface area contributed by atoms with E-state index in [0.717, 1.165) is 23.4 Å². The van der Waals surface area contributed by atoms with Gasteiger partial charge >= 0.3 is 6.03 Å². The Labute approximate surface area is 145 Å². The molecule has 1 atom stereocenters. The van der Waals surface area contributed by atoms with E-state index in [4.69, 9.17) is 14.1 Å². The number of likely N-dealkylation sites (tertiary alicyclic amines) is 1. The first-order valence-electron chi connectivity index (χ1n) is 8.37. The van der Waals surface area contributed by atoms with Gasteiger partial charge in [-0.1, -0.05) is 0 Å². The summed E-state index contributed by atoms with van der Waals surface area (Å²) in [6, 6.07) is 3.69. The molecule has 1 spiro atoms. The van der Waals surface area contributed by atoms with Crippen molar-refractivity contribution in [1.82, 2.24) is 20.2 Å². The second-order valence-electron chi connectivity index (χ2n) is 6.50. The summed E-state index contributed by atoms with van der Waals surface area (Å²) in [6.45, 7) is 2.91. The average Bonchev–Trinajstić information content (AvgIpc) is 3.30. The number of fused-ring (bicyclic) bond motifs is 2. The van der Waals surface area contributed by atoms with Crippen LogP contribution >= 0.6 is 0 Å². The number of aromatic nitrogens is 2. The lowest BCUT2D eigenvalue weighted by Crippen LogP contribution is -2.43. The molecule has 4 rings (SSSR count). The minimum absolute atomic E-state index is 0.0609. The number of nitrogens with one attached hydrogen (secondary N) is 2. The van der Waals surface area contributed by atoms with Crippen LogP contribution in [0.25, 0.3) is 0 Å². The van der Waals surface area contributed by atoms with Crippen molar-refractivity contribution in [3.8, 4) is 0 Å². The fourth-order valence-electron chi connectivity index (χ4n) is 3.58. The summed E-state index contributed by atoms with van der Waals surface area (Å²) in [7, 11) is 1.65. The molecule has 1 fully saturated rings. The predicted molar refractivity (Wildman–Crippen MR) is 90.0 cm³/mol. The van der Waals surface area contributed by atoms with Gasteiger partial charge in [0.15, 0.2) is 0 Å². The van der Waals surface area contributed by atoms with Gasteiger partial charge in [-0.3, -0.25) is 0 Å². The van der Waals surface area contributed by atoms with Crippen molar-refractivity contribution in [2.75, 3.05) is 32.1 Å². The van der Waals surface area contributed by atoms with Crippen LogP contribution in [0.5, 0.6) is 0 Å². The molecule has 8 nitrogen and oxygen atoms in total. The standard InChI is InChI=1S/C17H21N5O3/c1-18-16(23)22-5-4-17(10-22)11-24-9-12-7-19-15(21-14(12)17)20-8-13-3-2-6-25-13/h2-3,6-7H,4-5,8-11H2,1H3,(H,18,23)(H,19,20,21). The molecule has 0 radical (unpaired) electrons. The number of anilines is 1. The van der Waals surface area contributed by atoms with Gasteiger partial charge in [0.1, 0.15) is 5.76 Å². The van der Waals surface area contributed by atoms with Gasteiger partial charge in [0.2, 0.25) is 5.95 Å². The summed E-state index contributed by atoms with van der Waals surface area (Å²) in [5.74, 6) is 1.39. The molecule has 2 N–H and O–H groups in total. The molecule has 25 heavy (non-hydrogen) atoms. The van der Waals surface area contributed by atoms with E-state index in [1.165, 1.54) is 0 Å². The average molecular weight is 343 g/mol. The van der Waals surface area contributed by atoms with E-state index in [-0.39, 0.29) is 11.4 Å². The van der Waals surface area contributed by atoms with Gasteiger partial charge in [-0.2, -0.15) is 0 Å². The lowest BCUT2D eigenvalue weighted by molar-refractivity contribution is 0.0519. The van der Waals surface area contributed by atoms with E-state index in [1.54, 1.807) is 13.3 Å². The maximum absolute atomic E-state index is 12.0. The Morgan fingerprint density at radius 2 is 2.40 bits per heavy atom. The lowest BCUT2D eigenvalue weighted by atomic mass is 9.81. The molecular weight excluding hydrogens is 322 g/mol. The van der Waals surface area contributed by atoms with E-state index >= 15 is 0 Å². The first-order chi connectivity index (χ1) is 12.2. The lowest BCUT2D eigenvalue weighted by Gasteiger charge is -2.34. The highest BCUT2D eigenvalue weighted by Gasteiger charge is 2.46. The summed E-state index contributed by atoms with van der Waals surface area (Å²) in [6.07, 6.45) is 4.29. The van der Waals surface area contributed by atoms with Crippen molar-refractivity contribution in [2.45, 2.75) is 25.0 Å². The molecule has 0 aliphatic carbocycles. The molecule has 0 bridgehead atoms. The highest BCUT2D eigenvalue weighted by atomic mass is 16.5. The molecule has 2 aliphatic rings. The van der Waals surface area contributed by atoms with Gasteiger partial charge in [-0.15, -0.1) is 0 Å². The van der Waals surface area contributed by atoms with Crippen LogP contribution in [-0.4, -0.2) is 47.6 Å². The normalized spacial score (nSPS) is 22.0. The van der Waals surface area contributed by atoms with E-state index in [9.17, 15) is 4.79 Å². The van der Waals surface area contributed by atoms with Crippen LogP contribution in [0.2, 0.25) is 0 Å². The van der Waals surface area contributed by atoms with Crippen molar-refractivity contribution >= 4 is 12.0 Å². The van der Waals surface area contributed by atoms with Gasteiger partial charge in [0, 0.05) is 31.9 Å². The number of carbonyl (C=O) groups is 1. The van der Waals surface area contributed by atoms with Crippen molar-refractivity contribution in [3.63, 3.8) is 0 Å². The smallest absolute Gasteiger partial charge is 0.317 e. The number of amides is 2. The largest absolute Gasteiger partial charge is 0.467 e. The Hall–Kier alpha value is -2.61. The number of carbonyl (C=O) groups excluding carboxylic acids is 1. The quantitative estimate of drug-likeness (QED) is 0.877. The van der Waals surface area contributed by atoms with Crippen LogP contribution < -0.4 is 10.6 Å². The van der Waals surface area contributed by atoms with E-state index < -0.39 is 0 Å². The number of rotatable bonds is 3. The SMILES string of the molecule is CNC(=O)N1CCC2(COCc3cnc(NCc4ccco4)nc32)C1. The molecule has 2 aromatic rings. The molecule has 2 amide bonds. The number of furan rings is 1. The van der Waals surface area contributed by atoms with Crippen molar-refractivity contribution in [3.05, 3.63) is 41.6 Å². The molecular formula is C17H21N5O3. The Morgan fingerprint density at radius 3 is 3.20 bits per heavy atom. The second kappa shape index (κ2) is 6.36. The highest BCUT2D eigenvalue weighted by molar-refractivity contribution is 5.74. The van der Waals surface area contributed by atoms with Crippen LogP contribution in [0.3, 0.4) is 0 Å². The third kappa shape index (κ3) is 2.93. The maximum Gasteiger partial charge on any atom is 0.317 e. The fourth-order valence-corrected chi connectivity index (χ4v) is 3.58. The van der Waals surface area contributed by atoms with Crippen LogP contribution in [0.4, 0.5) is 10.7 Å². The van der Waals surface area contributed by atoms with E-state index in [0.29, 0.717) is 38.8 Å².